The smallest absolute Gasteiger partial charge is 0.281 e. The lowest BCUT2D eigenvalue weighted by Gasteiger charge is -2.12. The molecule has 0 atom stereocenters. The Morgan fingerprint density at radius 1 is 1.19 bits per heavy atom. The van der Waals surface area contributed by atoms with E-state index in [-0.39, 0.29) is 39.7 Å². The van der Waals surface area contributed by atoms with Gasteiger partial charge in [-0.25, -0.2) is 4.39 Å². The monoisotopic (exact) mass is 562 g/mol. The van der Waals surface area contributed by atoms with Crippen molar-refractivity contribution in [2.45, 2.75) is 6.42 Å². The average molecular weight is 564 g/mol. The summed E-state index contributed by atoms with van der Waals surface area (Å²) in [6.07, 6.45) is 4.51. The summed E-state index contributed by atoms with van der Waals surface area (Å²) in [6, 6.07) is 14.6. The molecule has 0 aliphatic carbocycles. The summed E-state index contributed by atoms with van der Waals surface area (Å²) in [5.74, 6) is -0.933. The molecule has 0 N–H and O–H groups in total. The van der Waals surface area contributed by atoms with Crippen molar-refractivity contribution in [2.75, 3.05) is 0 Å². The molecule has 11 heteroatoms. The van der Waals surface area contributed by atoms with Crippen molar-refractivity contribution in [3.8, 4) is 17.6 Å². The lowest BCUT2D eigenvalue weighted by atomic mass is 10.1. The minimum atomic E-state index is -0.633. The van der Waals surface area contributed by atoms with E-state index < -0.39 is 11.7 Å². The van der Waals surface area contributed by atoms with E-state index in [0.717, 1.165) is 4.68 Å². The molecule has 3 aromatic heterocycles. The standard InChI is InChI=1S/C25H13BrClFN6O2/c26-20-4-3-15(22(28)23(20)36-18-9-14(12-29)8-17(27)11-18)10-21-19-5-7-31-32-24(19)34(33-21)25(35)16-2-1-6-30-13-16/h1-9,11,13H,10H2. The van der Waals surface area contributed by atoms with Crippen LogP contribution in [0.1, 0.15) is 27.2 Å². The minimum absolute atomic E-state index is 0.0456. The molecule has 36 heavy (non-hydrogen) atoms. The van der Waals surface area contributed by atoms with Gasteiger partial charge in [-0.2, -0.15) is 20.1 Å². The molecule has 0 aliphatic heterocycles. The molecule has 0 saturated heterocycles. The third-order valence-corrected chi connectivity index (χ3v) is 6.08. The molecular weight excluding hydrogens is 551 g/mol. The van der Waals surface area contributed by atoms with Gasteiger partial charge in [0.15, 0.2) is 17.2 Å². The van der Waals surface area contributed by atoms with Crippen molar-refractivity contribution in [1.82, 2.24) is 25.0 Å². The second-order valence-corrected chi connectivity index (χ2v) is 8.88. The van der Waals surface area contributed by atoms with Gasteiger partial charge in [-0.15, -0.1) is 5.10 Å². The zero-order chi connectivity index (χ0) is 25.2. The number of benzene rings is 2. The molecule has 5 aromatic rings. The number of hydrogen-bond donors (Lipinski definition) is 0. The van der Waals surface area contributed by atoms with Crippen LogP contribution >= 0.6 is 27.5 Å². The van der Waals surface area contributed by atoms with Crippen LogP contribution in [0.25, 0.3) is 11.0 Å². The van der Waals surface area contributed by atoms with Crippen LogP contribution in [0.15, 0.2) is 71.6 Å². The van der Waals surface area contributed by atoms with Crippen LogP contribution in [-0.2, 0) is 6.42 Å². The maximum Gasteiger partial charge on any atom is 0.281 e. The zero-order valence-electron chi connectivity index (χ0n) is 18.2. The molecular formula is C25H13BrClFN6O2. The van der Waals surface area contributed by atoms with E-state index in [1.54, 1.807) is 36.5 Å². The van der Waals surface area contributed by atoms with E-state index in [1.165, 1.54) is 30.6 Å². The quantitative estimate of drug-likeness (QED) is 0.269. The predicted molar refractivity (Wildman–Crippen MR) is 132 cm³/mol. The highest BCUT2D eigenvalue weighted by atomic mass is 79.9. The Balaban J connectivity index is 1.53. The molecule has 5 rings (SSSR count). The molecule has 0 aliphatic rings. The number of hydrogen-bond acceptors (Lipinski definition) is 7. The van der Waals surface area contributed by atoms with Gasteiger partial charge in [0.05, 0.1) is 33.6 Å². The summed E-state index contributed by atoms with van der Waals surface area (Å²) in [5.41, 5.74) is 1.55. The second kappa shape index (κ2) is 9.81. The molecule has 8 nitrogen and oxygen atoms in total. The van der Waals surface area contributed by atoms with Crippen LogP contribution in [0.3, 0.4) is 0 Å². The highest BCUT2D eigenvalue weighted by Crippen LogP contribution is 2.36. The van der Waals surface area contributed by atoms with Crippen LogP contribution in [-0.4, -0.2) is 30.9 Å². The van der Waals surface area contributed by atoms with Gasteiger partial charge < -0.3 is 4.74 Å². The van der Waals surface area contributed by atoms with Gasteiger partial charge in [0.1, 0.15) is 5.75 Å². The van der Waals surface area contributed by atoms with Crippen molar-refractivity contribution in [2.24, 2.45) is 0 Å². The van der Waals surface area contributed by atoms with Gasteiger partial charge in [-0.05, 0) is 64.0 Å². The van der Waals surface area contributed by atoms with Crippen molar-refractivity contribution in [1.29, 1.82) is 5.26 Å². The predicted octanol–water partition coefficient (Wildman–Crippen LogP) is 5.72. The maximum absolute atomic E-state index is 15.6. The lowest BCUT2D eigenvalue weighted by molar-refractivity contribution is 0.0948. The van der Waals surface area contributed by atoms with E-state index >= 15 is 4.39 Å². The highest BCUT2D eigenvalue weighted by Gasteiger charge is 2.22. The first-order chi connectivity index (χ1) is 17.4. The number of fused-ring (bicyclic) bond motifs is 1. The second-order valence-electron chi connectivity index (χ2n) is 7.59. The SMILES string of the molecule is N#Cc1cc(Cl)cc(Oc2c(Br)ccc(Cc3nn(C(=O)c4cccnc4)c4nnccc34)c2F)c1. The number of nitrogens with zero attached hydrogens (tertiary/aromatic N) is 6. The number of carbonyl (C=O) groups is 1. The first-order valence-corrected chi connectivity index (χ1v) is 11.6. The molecule has 0 fully saturated rings. The van der Waals surface area contributed by atoms with Crippen molar-refractivity contribution in [3.05, 3.63) is 105 Å². The van der Waals surface area contributed by atoms with Crippen LogP contribution in [0.2, 0.25) is 5.02 Å². The van der Waals surface area contributed by atoms with Crippen molar-refractivity contribution >= 4 is 44.5 Å². The number of aromatic nitrogens is 5. The molecule has 0 bridgehead atoms. The van der Waals surface area contributed by atoms with Gasteiger partial charge in [0.25, 0.3) is 5.91 Å². The number of halogens is 3. The van der Waals surface area contributed by atoms with Gasteiger partial charge >= 0.3 is 0 Å². The van der Waals surface area contributed by atoms with Gasteiger partial charge in [-0.3, -0.25) is 9.78 Å². The molecule has 3 heterocycles. The molecule has 0 saturated carbocycles. The van der Waals surface area contributed by atoms with Crippen molar-refractivity contribution < 1.29 is 13.9 Å². The third-order valence-electron chi connectivity index (χ3n) is 5.24. The fourth-order valence-electron chi connectivity index (χ4n) is 3.60. The van der Waals surface area contributed by atoms with Gasteiger partial charge in [0.2, 0.25) is 0 Å². The normalized spacial score (nSPS) is 10.8. The number of nitriles is 1. The van der Waals surface area contributed by atoms with Crippen LogP contribution in [0.4, 0.5) is 4.39 Å². The van der Waals surface area contributed by atoms with Gasteiger partial charge in [-0.1, -0.05) is 17.7 Å². The number of pyridine rings is 1. The molecule has 176 valence electrons. The highest BCUT2D eigenvalue weighted by molar-refractivity contribution is 9.10. The zero-order valence-corrected chi connectivity index (χ0v) is 20.5. The first-order valence-electron chi connectivity index (χ1n) is 10.4. The van der Waals surface area contributed by atoms with Gasteiger partial charge in [0, 0.05) is 29.2 Å². The summed E-state index contributed by atoms with van der Waals surface area (Å²) < 4.78 is 22.9. The Kier molecular flexibility index (Phi) is 6.41. The Morgan fingerprint density at radius 2 is 2.06 bits per heavy atom. The third kappa shape index (κ3) is 4.54. The summed E-state index contributed by atoms with van der Waals surface area (Å²) in [5, 5.41) is 22.4. The van der Waals surface area contributed by atoms with Crippen LogP contribution in [0, 0.1) is 17.1 Å². The van der Waals surface area contributed by atoms with E-state index in [9.17, 15) is 10.1 Å². The Labute approximate surface area is 217 Å². The number of rotatable bonds is 5. The molecule has 0 spiro atoms. The Morgan fingerprint density at radius 3 is 2.83 bits per heavy atom. The largest absolute Gasteiger partial charge is 0.453 e. The van der Waals surface area contributed by atoms with Crippen LogP contribution in [0.5, 0.6) is 11.5 Å². The molecule has 0 unspecified atom stereocenters. The molecule has 0 amide bonds. The average Bonchev–Trinajstić information content (AvgIpc) is 3.26. The van der Waals surface area contributed by atoms with E-state index in [0.29, 0.717) is 21.1 Å². The topological polar surface area (TPSA) is 107 Å². The number of carbonyl (C=O) groups excluding carboxylic acids is 1. The fraction of sp³-hybridized carbons (Fsp3) is 0.0400. The van der Waals surface area contributed by atoms with E-state index in [2.05, 4.69) is 36.2 Å². The molecule has 0 radical (unpaired) electrons. The fourth-order valence-corrected chi connectivity index (χ4v) is 4.21. The summed E-state index contributed by atoms with van der Waals surface area (Å²) in [7, 11) is 0. The minimum Gasteiger partial charge on any atom is -0.453 e. The number of ether oxygens (including phenoxy) is 1. The molecule has 2 aromatic carbocycles. The summed E-state index contributed by atoms with van der Waals surface area (Å²) in [6.45, 7) is 0. The lowest BCUT2D eigenvalue weighted by Crippen LogP contribution is -2.15. The Hall–Kier alpha value is -4.20. The summed E-state index contributed by atoms with van der Waals surface area (Å²) >= 11 is 9.37. The van der Waals surface area contributed by atoms with E-state index in [1.807, 2.05) is 6.07 Å². The summed E-state index contributed by atoms with van der Waals surface area (Å²) in [4.78, 5) is 17.0. The first kappa shape index (κ1) is 23.5. The van der Waals surface area contributed by atoms with E-state index in [4.69, 9.17) is 16.3 Å². The Bertz CT molecular complexity index is 1670. The maximum atomic E-state index is 15.6. The van der Waals surface area contributed by atoms with Crippen LogP contribution < -0.4 is 4.74 Å². The van der Waals surface area contributed by atoms with Crippen molar-refractivity contribution in [3.63, 3.8) is 0 Å².